The molecule has 0 amide bonds. The maximum Gasteiger partial charge on any atom is 0.184 e. The number of ether oxygens (including phenoxy) is 1. The summed E-state index contributed by atoms with van der Waals surface area (Å²) in [4.78, 5) is 4.31. The largest absolute Gasteiger partial charge is 0.493 e. The molecule has 1 aliphatic rings. The molecule has 0 atom stereocenters. The van der Waals surface area contributed by atoms with E-state index in [0.717, 1.165) is 39.5 Å². The van der Waals surface area contributed by atoms with Gasteiger partial charge in [-0.25, -0.2) is 4.98 Å². The lowest BCUT2D eigenvalue weighted by Gasteiger charge is -2.09. The summed E-state index contributed by atoms with van der Waals surface area (Å²) in [5, 5.41) is 6.19. The van der Waals surface area contributed by atoms with E-state index in [1.165, 1.54) is 11.1 Å². The predicted molar refractivity (Wildman–Crippen MR) is 80.5 cm³/mol. The first kappa shape index (κ1) is 12.4. The number of benzene rings is 1. The van der Waals surface area contributed by atoms with Crippen molar-refractivity contribution in [2.24, 2.45) is 0 Å². The van der Waals surface area contributed by atoms with Crippen molar-refractivity contribution in [1.29, 1.82) is 0 Å². The number of nitrogens with one attached hydrogen (secondary N) is 1. The van der Waals surface area contributed by atoms with Gasteiger partial charge in [-0.05, 0) is 33.6 Å². The lowest BCUT2D eigenvalue weighted by Crippen LogP contribution is -2.01. The van der Waals surface area contributed by atoms with Gasteiger partial charge in [-0.15, -0.1) is 11.3 Å². The number of rotatable bonds is 3. The van der Waals surface area contributed by atoms with Crippen LogP contribution in [-0.4, -0.2) is 11.6 Å². The van der Waals surface area contributed by atoms with E-state index in [0.29, 0.717) is 0 Å². The third kappa shape index (κ3) is 2.55. The van der Waals surface area contributed by atoms with E-state index in [1.807, 2.05) is 5.38 Å². The van der Waals surface area contributed by atoms with E-state index in [-0.39, 0.29) is 0 Å². The number of thiazole rings is 1. The molecule has 6 heteroatoms. The first-order valence-corrected chi connectivity index (χ1v) is 7.98. The maximum absolute atomic E-state index is 5.69. The first-order chi connectivity index (χ1) is 8.72. The van der Waals surface area contributed by atoms with Crippen molar-refractivity contribution in [3.05, 3.63) is 37.7 Å². The normalized spacial score (nSPS) is 13.2. The molecule has 18 heavy (non-hydrogen) atoms. The van der Waals surface area contributed by atoms with Crippen LogP contribution in [0.2, 0.25) is 0 Å². The molecule has 0 aliphatic carbocycles. The summed E-state index contributed by atoms with van der Waals surface area (Å²) in [6.07, 6.45) is 0.991. The van der Waals surface area contributed by atoms with Gasteiger partial charge in [0.1, 0.15) is 10.4 Å². The number of hydrogen-bond donors (Lipinski definition) is 1. The lowest BCUT2D eigenvalue weighted by molar-refractivity contribution is 0.354. The minimum absolute atomic E-state index is 0.724. The molecule has 0 radical (unpaired) electrons. The van der Waals surface area contributed by atoms with Gasteiger partial charge in [0.05, 0.1) is 6.61 Å². The van der Waals surface area contributed by atoms with Crippen molar-refractivity contribution in [2.75, 3.05) is 11.9 Å². The standard InChI is InChI=1S/C12H10Br2N2OS/c13-9-3-7-1-2-17-11(7)8(4-9)5-15-12-16-10(14)6-18-12/h3-4,6H,1-2,5H2,(H,15,16). The third-order valence-electron chi connectivity index (χ3n) is 2.73. The van der Waals surface area contributed by atoms with Crippen molar-refractivity contribution in [3.63, 3.8) is 0 Å². The Morgan fingerprint density at radius 2 is 2.28 bits per heavy atom. The van der Waals surface area contributed by atoms with Crippen LogP contribution in [0.25, 0.3) is 0 Å². The number of nitrogens with zero attached hydrogens (tertiary/aromatic N) is 1. The highest BCUT2D eigenvalue weighted by molar-refractivity contribution is 9.10. The van der Waals surface area contributed by atoms with Gasteiger partial charge < -0.3 is 10.1 Å². The van der Waals surface area contributed by atoms with Gasteiger partial charge in [-0.2, -0.15) is 0 Å². The molecule has 1 aromatic carbocycles. The lowest BCUT2D eigenvalue weighted by atomic mass is 10.1. The molecule has 0 saturated heterocycles. The minimum Gasteiger partial charge on any atom is -0.493 e. The van der Waals surface area contributed by atoms with Crippen molar-refractivity contribution in [1.82, 2.24) is 4.98 Å². The highest BCUT2D eigenvalue weighted by Gasteiger charge is 2.17. The van der Waals surface area contributed by atoms with Crippen LogP contribution in [-0.2, 0) is 13.0 Å². The number of aromatic nitrogens is 1. The zero-order valence-corrected chi connectivity index (χ0v) is 13.4. The molecule has 1 aliphatic heterocycles. The highest BCUT2D eigenvalue weighted by Crippen LogP contribution is 2.33. The van der Waals surface area contributed by atoms with Crippen LogP contribution in [0, 0.1) is 0 Å². The number of anilines is 1. The van der Waals surface area contributed by atoms with Gasteiger partial charge in [0.15, 0.2) is 5.13 Å². The Balaban J connectivity index is 1.80. The molecule has 1 aromatic heterocycles. The summed E-state index contributed by atoms with van der Waals surface area (Å²) in [7, 11) is 0. The fourth-order valence-corrected chi connectivity index (χ4v) is 3.68. The van der Waals surface area contributed by atoms with Crippen LogP contribution in [0.4, 0.5) is 5.13 Å². The van der Waals surface area contributed by atoms with Crippen molar-refractivity contribution in [3.8, 4) is 5.75 Å². The van der Waals surface area contributed by atoms with E-state index < -0.39 is 0 Å². The zero-order chi connectivity index (χ0) is 12.5. The molecule has 0 spiro atoms. The summed E-state index contributed by atoms with van der Waals surface area (Å²) < 4.78 is 7.66. The number of halogens is 2. The smallest absolute Gasteiger partial charge is 0.184 e. The molecule has 1 N–H and O–H groups in total. The third-order valence-corrected chi connectivity index (χ3v) is 4.70. The van der Waals surface area contributed by atoms with Crippen LogP contribution in [0.3, 0.4) is 0 Å². The molecular weight excluding hydrogens is 380 g/mol. The van der Waals surface area contributed by atoms with Crippen molar-refractivity contribution < 1.29 is 4.74 Å². The van der Waals surface area contributed by atoms with Crippen molar-refractivity contribution >= 4 is 48.3 Å². The minimum atomic E-state index is 0.724. The van der Waals surface area contributed by atoms with Crippen molar-refractivity contribution in [2.45, 2.75) is 13.0 Å². The topological polar surface area (TPSA) is 34.2 Å². The van der Waals surface area contributed by atoms with Gasteiger partial charge in [-0.3, -0.25) is 0 Å². The van der Waals surface area contributed by atoms with Crippen LogP contribution in [0.1, 0.15) is 11.1 Å². The fraction of sp³-hybridized carbons (Fsp3) is 0.250. The average Bonchev–Trinajstić information content (AvgIpc) is 2.94. The van der Waals surface area contributed by atoms with E-state index in [2.05, 4.69) is 54.3 Å². The SMILES string of the molecule is Brc1cc2c(c(CNc3nc(Br)cs3)c1)OCC2. The Morgan fingerprint density at radius 1 is 1.39 bits per heavy atom. The Bertz CT molecular complexity index is 585. The van der Waals surface area contributed by atoms with Gasteiger partial charge >= 0.3 is 0 Å². The van der Waals surface area contributed by atoms with Gasteiger partial charge in [0.25, 0.3) is 0 Å². The number of fused-ring (bicyclic) bond motifs is 1. The second-order valence-corrected chi connectivity index (χ2v) is 6.57. The number of hydrogen-bond acceptors (Lipinski definition) is 4. The molecule has 0 bridgehead atoms. The van der Waals surface area contributed by atoms with E-state index in [1.54, 1.807) is 11.3 Å². The van der Waals surface area contributed by atoms with E-state index in [9.17, 15) is 0 Å². The molecule has 3 nitrogen and oxygen atoms in total. The fourth-order valence-electron chi connectivity index (χ4n) is 1.98. The van der Waals surface area contributed by atoms with Crippen LogP contribution < -0.4 is 10.1 Å². The Hall–Kier alpha value is -0.590. The monoisotopic (exact) mass is 388 g/mol. The second kappa shape index (κ2) is 5.19. The Morgan fingerprint density at radius 3 is 3.06 bits per heavy atom. The molecule has 0 fully saturated rings. The highest BCUT2D eigenvalue weighted by atomic mass is 79.9. The molecule has 0 saturated carbocycles. The molecule has 2 heterocycles. The molecule has 3 rings (SSSR count). The average molecular weight is 390 g/mol. The van der Waals surface area contributed by atoms with Gasteiger partial charge in [0.2, 0.25) is 0 Å². The zero-order valence-electron chi connectivity index (χ0n) is 9.37. The summed E-state index contributed by atoms with van der Waals surface area (Å²) >= 11 is 8.47. The summed E-state index contributed by atoms with van der Waals surface area (Å²) in [6.45, 7) is 1.50. The Labute approximate surface area is 126 Å². The molecular formula is C12H10Br2N2OS. The first-order valence-electron chi connectivity index (χ1n) is 5.51. The summed E-state index contributed by atoms with van der Waals surface area (Å²) in [5.41, 5.74) is 2.45. The Kier molecular flexibility index (Phi) is 3.59. The van der Waals surface area contributed by atoms with Crippen LogP contribution in [0.5, 0.6) is 5.75 Å². The van der Waals surface area contributed by atoms with Crippen LogP contribution in [0.15, 0.2) is 26.6 Å². The van der Waals surface area contributed by atoms with E-state index >= 15 is 0 Å². The summed E-state index contributed by atoms with van der Waals surface area (Å²) in [6, 6.07) is 4.23. The molecule has 2 aromatic rings. The maximum atomic E-state index is 5.69. The second-order valence-electron chi connectivity index (χ2n) is 3.98. The quantitative estimate of drug-likeness (QED) is 0.853. The van der Waals surface area contributed by atoms with Crippen LogP contribution >= 0.6 is 43.2 Å². The van der Waals surface area contributed by atoms with E-state index in [4.69, 9.17) is 4.74 Å². The van der Waals surface area contributed by atoms with Gasteiger partial charge in [0, 0.05) is 28.4 Å². The van der Waals surface area contributed by atoms with Gasteiger partial charge in [-0.1, -0.05) is 15.9 Å². The predicted octanol–water partition coefficient (Wildman–Crippen LogP) is 4.22. The molecule has 0 unspecified atom stereocenters. The summed E-state index contributed by atoms with van der Waals surface area (Å²) in [5.74, 6) is 1.03. The molecule has 94 valence electrons.